The third-order valence-electron chi connectivity index (χ3n) is 3.20. The van der Waals surface area contributed by atoms with Crippen LogP contribution in [0.1, 0.15) is 26.7 Å². The lowest BCUT2D eigenvalue weighted by Crippen LogP contribution is -2.33. The van der Waals surface area contributed by atoms with E-state index >= 15 is 0 Å². The second-order valence-electron chi connectivity index (χ2n) is 5.07. The Morgan fingerprint density at radius 2 is 2.23 bits per heavy atom. The molecule has 0 aliphatic carbocycles. The molecule has 2 N–H and O–H groups in total. The summed E-state index contributed by atoms with van der Waals surface area (Å²) in [7, 11) is 1.68. The average Bonchev–Trinajstić information content (AvgIpc) is 2.49. The van der Waals surface area contributed by atoms with Gasteiger partial charge in [0.2, 0.25) is 0 Å². The van der Waals surface area contributed by atoms with Gasteiger partial charge in [-0.1, -0.05) is 18.2 Å². The van der Waals surface area contributed by atoms with Gasteiger partial charge in [0.15, 0.2) is 6.29 Å². The molecule has 1 aliphatic rings. The van der Waals surface area contributed by atoms with E-state index in [9.17, 15) is 9.59 Å². The minimum atomic E-state index is -0.930. The van der Waals surface area contributed by atoms with E-state index in [2.05, 4.69) is 10.3 Å². The maximum atomic E-state index is 11.1. The molecule has 6 heteroatoms. The molecule has 0 radical (unpaired) electrons. The SMILES string of the molecule is C/C=C\C=C(/C)C(=NC1=C(C=O)NCCC1)N(C)CC(=O)O. The molecule has 0 spiro atoms. The number of nitrogens with zero attached hydrogens (tertiary/aromatic N) is 2. The largest absolute Gasteiger partial charge is 0.480 e. The number of rotatable bonds is 6. The number of carbonyl (C=O) groups is 2. The summed E-state index contributed by atoms with van der Waals surface area (Å²) in [5, 5.41) is 12.0. The molecule has 0 aromatic rings. The van der Waals surface area contributed by atoms with Crippen LogP contribution in [0, 0.1) is 0 Å². The third-order valence-corrected chi connectivity index (χ3v) is 3.20. The number of aliphatic carboxylic acids is 1. The number of aldehydes is 1. The fraction of sp³-hybridized carbons (Fsp3) is 0.438. The van der Waals surface area contributed by atoms with Crippen molar-refractivity contribution < 1.29 is 14.7 Å². The summed E-state index contributed by atoms with van der Waals surface area (Å²) in [4.78, 5) is 28.2. The van der Waals surface area contributed by atoms with E-state index in [4.69, 9.17) is 5.11 Å². The molecule has 0 saturated carbocycles. The second kappa shape index (κ2) is 8.81. The Balaban J connectivity index is 3.23. The molecule has 1 heterocycles. The molecular weight excluding hydrogens is 282 g/mol. The van der Waals surface area contributed by atoms with Crippen LogP contribution < -0.4 is 5.32 Å². The minimum Gasteiger partial charge on any atom is -0.480 e. The van der Waals surface area contributed by atoms with E-state index in [1.54, 1.807) is 11.9 Å². The molecule has 6 nitrogen and oxygen atoms in total. The van der Waals surface area contributed by atoms with Gasteiger partial charge < -0.3 is 15.3 Å². The van der Waals surface area contributed by atoms with Gasteiger partial charge in [-0.05, 0) is 32.3 Å². The summed E-state index contributed by atoms with van der Waals surface area (Å²) < 4.78 is 0. The van der Waals surface area contributed by atoms with Crippen molar-refractivity contribution in [1.82, 2.24) is 10.2 Å². The molecule has 120 valence electrons. The molecule has 0 saturated heterocycles. The predicted molar refractivity (Wildman–Crippen MR) is 86.6 cm³/mol. The van der Waals surface area contributed by atoms with Crippen LogP contribution >= 0.6 is 0 Å². The summed E-state index contributed by atoms with van der Waals surface area (Å²) in [6, 6.07) is 0. The lowest BCUT2D eigenvalue weighted by Gasteiger charge is -2.22. The van der Waals surface area contributed by atoms with Crippen molar-refractivity contribution in [2.24, 2.45) is 4.99 Å². The number of carbonyl (C=O) groups excluding carboxylic acids is 1. The van der Waals surface area contributed by atoms with Crippen molar-refractivity contribution in [1.29, 1.82) is 0 Å². The Kier molecular flexibility index (Phi) is 7.08. The first-order chi connectivity index (χ1) is 10.5. The Morgan fingerprint density at radius 3 is 2.82 bits per heavy atom. The van der Waals surface area contributed by atoms with Crippen molar-refractivity contribution in [2.45, 2.75) is 26.7 Å². The number of aliphatic imine (C=N–C) groups is 1. The highest BCUT2D eigenvalue weighted by molar-refractivity contribution is 6.00. The average molecular weight is 305 g/mol. The van der Waals surface area contributed by atoms with Crippen molar-refractivity contribution in [2.75, 3.05) is 20.1 Å². The molecule has 0 amide bonds. The van der Waals surface area contributed by atoms with Crippen LogP contribution in [0.2, 0.25) is 0 Å². The second-order valence-corrected chi connectivity index (χ2v) is 5.07. The van der Waals surface area contributed by atoms with E-state index in [0.717, 1.165) is 24.8 Å². The van der Waals surface area contributed by atoms with Crippen LogP contribution in [-0.4, -0.2) is 48.2 Å². The smallest absolute Gasteiger partial charge is 0.323 e. The Labute approximate surface area is 130 Å². The van der Waals surface area contributed by atoms with Gasteiger partial charge >= 0.3 is 5.97 Å². The van der Waals surface area contributed by atoms with E-state index in [-0.39, 0.29) is 6.54 Å². The molecule has 0 aromatic carbocycles. The van der Waals surface area contributed by atoms with Crippen LogP contribution in [0.4, 0.5) is 0 Å². The van der Waals surface area contributed by atoms with Gasteiger partial charge in [0.25, 0.3) is 0 Å². The fourth-order valence-electron chi connectivity index (χ4n) is 2.14. The molecule has 0 bridgehead atoms. The minimum absolute atomic E-state index is 0.156. The van der Waals surface area contributed by atoms with Gasteiger partial charge in [-0.15, -0.1) is 0 Å². The Hall–Kier alpha value is -2.37. The number of nitrogens with one attached hydrogen (secondary N) is 1. The first-order valence-electron chi connectivity index (χ1n) is 7.23. The first-order valence-corrected chi connectivity index (χ1v) is 7.23. The van der Waals surface area contributed by atoms with E-state index in [1.807, 2.05) is 32.1 Å². The highest BCUT2D eigenvalue weighted by Gasteiger charge is 2.16. The molecule has 0 aromatic heterocycles. The Morgan fingerprint density at radius 1 is 1.50 bits per heavy atom. The normalized spacial score (nSPS) is 16.7. The van der Waals surface area contributed by atoms with Crippen LogP contribution in [0.3, 0.4) is 0 Å². The van der Waals surface area contributed by atoms with Gasteiger partial charge in [0.05, 0.1) is 11.4 Å². The number of carboxylic acids is 1. The highest BCUT2D eigenvalue weighted by Crippen LogP contribution is 2.17. The molecule has 0 atom stereocenters. The van der Waals surface area contributed by atoms with Crippen LogP contribution in [0.15, 0.2) is 40.2 Å². The van der Waals surface area contributed by atoms with Crippen molar-refractivity contribution >= 4 is 18.1 Å². The number of hydrogen-bond donors (Lipinski definition) is 2. The predicted octanol–water partition coefficient (Wildman–Crippen LogP) is 1.72. The summed E-state index contributed by atoms with van der Waals surface area (Å²) in [6.07, 6.45) is 7.97. The zero-order chi connectivity index (χ0) is 16.5. The number of carboxylic acid groups (broad SMARTS) is 1. The number of allylic oxidation sites excluding steroid dienone is 5. The maximum Gasteiger partial charge on any atom is 0.323 e. The molecule has 22 heavy (non-hydrogen) atoms. The summed E-state index contributed by atoms with van der Waals surface area (Å²) in [5.41, 5.74) is 1.98. The van der Waals surface area contributed by atoms with Crippen molar-refractivity contribution in [3.63, 3.8) is 0 Å². The maximum absolute atomic E-state index is 11.1. The van der Waals surface area contributed by atoms with Crippen molar-refractivity contribution in [3.05, 3.63) is 35.2 Å². The molecule has 1 aliphatic heterocycles. The van der Waals surface area contributed by atoms with Crippen LogP contribution in [0.5, 0.6) is 0 Å². The number of likely N-dealkylation sites (N-methyl/N-ethyl adjacent to an activating group) is 1. The van der Waals surface area contributed by atoms with E-state index in [0.29, 0.717) is 23.7 Å². The fourth-order valence-corrected chi connectivity index (χ4v) is 2.14. The van der Waals surface area contributed by atoms with Gasteiger partial charge in [-0.25, -0.2) is 4.99 Å². The van der Waals surface area contributed by atoms with Gasteiger partial charge in [0.1, 0.15) is 12.4 Å². The molecule has 0 unspecified atom stereocenters. The van der Waals surface area contributed by atoms with Gasteiger partial charge in [-0.3, -0.25) is 9.59 Å². The number of hydrogen-bond acceptors (Lipinski definition) is 4. The van der Waals surface area contributed by atoms with E-state index < -0.39 is 5.97 Å². The van der Waals surface area contributed by atoms with E-state index in [1.165, 1.54) is 0 Å². The summed E-state index contributed by atoms with van der Waals surface area (Å²) in [5.74, 6) is -0.376. The zero-order valence-corrected chi connectivity index (χ0v) is 13.3. The monoisotopic (exact) mass is 305 g/mol. The molecule has 0 fully saturated rings. The van der Waals surface area contributed by atoms with Gasteiger partial charge in [0, 0.05) is 13.6 Å². The lowest BCUT2D eigenvalue weighted by molar-refractivity contribution is -0.137. The van der Waals surface area contributed by atoms with Gasteiger partial charge in [-0.2, -0.15) is 0 Å². The topological polar surface area (TPSA) is 82.0 Å². The lowest BCUT2D eigenvalue weighted by atomic mass is 10.1. The summed E-state index contributed by atoms with van der Waals surface area (Å²) >= 11 is 0. The van der Waals surface area contributed by atoms with Crippen molar-refractivity contribution in [3.8, 4) is 0 Å². The Bertz CT molecular complexity index is 545. The first kappa shape index (κ1) is 17.7. The number of amidine groups is 1. The third kappa shape index (κ3) is 5.20. The van der Waals surface area contributed by atoms with Crippen LogP contribution in [0.25, 0.3) is 0 Å². The zero-order valence-electron chi connectivity index (χ0n) is 13.3. The quantitative estimate of drug-likeness (QED) is 0.338. The van der Waals surface area contributed by atoms with Crippen LogP contribution in [-0.2, 0) is 9.59 Å². The summed E-state index contributed by atoms with van der Waals surface area (Å²) in [6.45, 7) is 4.37. The molecular formula is C16H23N3O3. The standard InChI is InChI=1S/C16H23N3O3/c1-4-5-7-12(2)16(19(3)10-15(21)22)18-13-8-6-9-17-14(13)11-20/h4-5,7,11,17H,6,8-10H2,1-3H3,(H,21,22)/b5-4-,12-7+,18-16?. The highest BCUT2D eigenvalue weighted by atomic mass is 16.4. The molecule has 1 rings (SSSR count).